The highest BCUT2D eigenvalue weighted by atomic mass is 32.2. The summed E-state index contributed by atoms with van der Waals surface area (Å²) in [6.45, 7) is 4.54. The van der Waals surface area contributed by atoms with Crippen molar-refractivity contribution in [1.29, 1.82) is 0 Å². The summed E-state index contributed by atoms with van der Waals surface area (Å²) in [5, 5.41) is 2.87. The Bertz CT molecular complexity index is 1280. The van der Waals surface area contributed by atoms with Crippen LogP contribution in [0.2, 0.25) is 0 Å². The second kappa shape index (κ2) is 9.93. The summed E-state index contributed by atoms with van der Waals surface area (Å²) < 4.78 is 28.4. The predicted octanol–water partition coefficient (Wildman–Crippen LogP) is 2.42. The molecule has 4 rings (SSSR count). The Morgan fingerprint density at radius 1 is 1.03 bits per heavy atom. The van der Waals surface area contributed by atoms with Crippen molar-refractivity contribution in [2.75, 3.05) is 19.6 Å². The molecule has 2 heterocycles. The summed E-state index contributed by atoms with van der Waals surface area (Å²) in [6, 6.07) is 15.0. The van der Waals surface area contributed by atoms with Crippen molar-refractivity contribution in [2.24, 2.45) is 0 Å². The monoisotopic (exact) mass is 470 g/mol. The number of rotatable bonds is 8. The summed E-state index contributed by atoms with van der Waals surface area (Å²) in [6.07, 6.45) is 4.53. The number of hydrogen-bond acceptors (Lipinski definition) is 5. The molecule has 1 unspecified atom stereocenters. The molecule has 3 aromatic rings. The molecule has 0 aliphatic carbocycles. The quantitative estimate of drug-likeness (QED) is 0.511. The molecule has 1 N–H and O–H groups in total. The van der Waals surface area contributed by atoms with Crippen LogP contribution >= 0.6 is 0 Å². The van der Waals surface area contributed by atoms with E-state index in [4.69, 9.17) is 0 Å². The average molecular weight is 471 g/mol. The molecule has 176 valence electrons. The van der Waals surface area contributed by atoms with E-state index in [0.29, 0.717) is 18.1 Å². The van der Waals surface area contributed by atoms with E-state index < -0.39 is 15.7 Å². The summed E-state index contributed by atoms with van der Waals surface area (Å²) in [5.74, 6) is -0.316. The maximum atomic E-state index is 13.2. The first kappa shape index (κ1) is 23.3. The smallest absolute Gasteiger partial charge is 0.343 e. The van der Waals surface area contributed by atoms with Crippen LogP contribution in [-0.2, 0) is 21.4 Å². The molecule has 1 amide bonds. The van der Waals surface area contributed by atoms with Crippen LogP contribution < -0.4 is 11.0 Å². The first-order valence-corrected chi connectivity index (χ1v) is 12.9. The number of aromatic nitrogens is 2. The number of imidazole rings is 1. The Labute approximate surface area is 193 Å². The van der Waals surface area contributed by atoms with Crippen LogP contribution in [0.5, 0.6) is 0 Å². The standard InChI is InChI=1S/C24H30N4O4S/c1-19-10-7-8-16-26(19)17-9-15-25-23(29)18-27-21-13-5-6-14-22(21)28(24(27)30)33(31,32)20-11-3-2-4-12-20/h2-6,11-14,19H,7-10,15-18H2,1H3,(H,25,29). The van der Waals surface area contributed by atoms with Crippen LogP contribution in [0, 0.1) is 0 Å². The van der Waals surface area contributed by atoms with Gasteiger partial charge in [0.2, 0.25) is 5.91 Å². The Kier molecular flexibility index (Phi) is 6.99. The second-order valence-corrected chi connectivity index (χ2v) is 10.3. The average Bonchev–Trinajstić information content (AvgIpc) is 3.10. The van der Waals surface area contributed by atoms with Gasteiger partial charge in [0.25, 0.3) is 10.0 Å². The van der Waals surface area contributed by atoms with Gasteiger partial charge in [0, 0.05) is 19.1 Å². The van der Waals surface area contributed by atoms with Crippen LogP contribution in [0.15, 0.2) is 64.3 Å². The fraction of sp³-hybridized carbons (Fsp3) is 0.417. The number of amides is 1. The zero-order valence-corrected chi connectivity index (χ0v) is 19.6. The molecule has 8 nitrogen and oxygen atoms in total. The molecule has 1 aliphatic heterocycles. The molecule has 0 saturated carbocycles. The Balaban J connectivity index is 1.50. The third-order valence-corrected chi connectivity index (χ3v) is 7.97. The number of nitrogens with zero attached hydrogens (tertiary/aromatic N) is 3. The van der Waals surface area contributed by atoms with Gasteiger partial charge in [0.15, 0.2) is 0 Å². The number of fused-ring (bicyclic) bond motifs is 1. The van der Waals surface area contributed by atoms with Crippen molar-refractivity contribution in [3.05, 3.63) is 65.1 Å². The van der Waals surface area contributed by atoms with Gasteiger partial charge >= 0.3 is 5.69 Å². The fourth-order valence-corrected chi connectivity index (χ4v) is 5.89. The van der Waals surface area contributed by atoms with Crippen LogP contribution in [0.3, 0.4) is 0 Å². The molecule has 0 bridgehead atoms. The van der Waals surface area contributed by atoms with Gasteiger partial charge in [-0.3, -0.25) is 9.36 Å². The number of nitrogens with one attached hydrogen (secondary N) is 1. The lowest BCUT2D eigenvalue weighted by Gasteiger charge is -2.33. The number of hydrogen-bond donors (Lipinski definition) is 1. The zero-order chi connectivity index (χ0) is 23.4. The summed E-state index contributed by atoms with van der Waals surface area (Å²) in [4.78, 5) is 28.3. The van der Waals surface area contributed by atoms with E-state index >= 15 is 0 Å². The molecule has 1 aliphatic rings. The van der Waals surface area contributed by atoms with Crippen molar-refractivity contribution in [1.82, 2.24) is 18.8 Å². The Morgan fingerprint density at radius 2 is 1.73 bits per heavy atom. The van der Waals surface area contributed by atoms with Crippen LogP contribution in [0.4, 0.5) is 0 Å². The Morgan fingerprint density at radius 3 is 2.45 bits per heavy atom. The summed E-state index contributed by atoms with van der Waals surface area (Å²) in [7, 11) is -4.10. The Hall–Kier alpha value is -2.91. The van der Waals surface area contributed by atoms with Gasteiger partial charge in [0.1, 0.15) is 6.54 Å². The highest BCUT2D eigenvalue weighted by Gasteiger charge is 2.25. The SMILES string of the molecule is CC1CCCCN1CCCNC(=O)Cn1c(=O)n(S(=O)(=O)c2ccccc2)c2ccccc21. The van der Waals surface area contributed by atoms with Crippen LogP contribution in [0.25, 0.3) is 11.0 Å². The van der Waals surface area contributed by atoms with Gasteiger partial charge in [0.05, 0.1) is 15.9 Å². The van der Waals surface area contributed by atoms with Gasteiger partial charge in [-0.1, -0.05) is 36.8 Å². The van der Waals surface area contributed by atoms with Crippen molar-refractivity contribution >= 4 is 27.0 Å². The van der Waals surface area contributed by atoms with E-state index in [1.807, 2.05) is 0 Å². The maximum absolute atomic E-state index is 13.2. The largest absolute Gasteiger partial charge is 0.354 e. The lowest BCUT2D eigenvalue weighted by atomic mass is 10.0. The predicted molar refractivity (Wildman–Crippen MR) is 128 cm³/mol. The number of likely N-dealkylation sites (tertiary alicyclic amines) is 1. The first-order valence-electron chi connectivity index (χ1n) is 11.4. The normalized spacial score (nSPS) is 17.3. The lowest BCUT2D eigenvalue weighted by Crippen LogP contribution is -2.40. The van der Waals surface area contributed by atoms with E-state index in [-0.39, 0.29) is 22.9 Å². The van der Waals surface area contributed by atoms with Crippen LogP contribution in [-0.4, -0.2) is 53.4 Å². The van der Waals surface area contributed by atoms with Crippen molar-refractivity contribution in [3.63, 3.8) is 0 Å². The maximum Gasteiger partial charge on any atom is 0.343 e. The number of para-hydroxylation sites is 2. The van der Waals surface area contributed by atoms with E-state index in [9.17, 15) is 18.0 Å². The van der Waals surface area contributed by atoms with Gasteiger partial charge in [-0.25, -0.2) is 13.2 Å². The van der Waals surface area contributed by atoms with E-state index in [1.165, 1.54) is 36.0 Å². The zero-order valence-electron chi connectivity index (χ0n) is 18.8. The minimum atomic E-state index is -4.10. The van der Waals surface area contributed by atoms with Gasteiger partial charge in [-0.05, 0) is 57.0 Å². The molecule has 0 spiro atoms. The highest BCUT2D eigenvalue weighted by Crippen LogP contribution is 2.19. The lowest BCUT2D eigenvalue weighted by molar-refractivity contribution is -0.121. The van der Waals surface area contributed by atoms with Gasteiger partial charge < -0.3 is 10.2 Å². The molecule has 33 heavy (non-hydrogen) atoms. The number of carbonyl (C=O) groups excluding carboxylic acids is 1. The number of piperidine rings is 1. The molecule has 2 aromatic carbocycles. The fourth-order valence-electron chi connectivity index (χ4n) is 4.46. The summed E-state index contributed by atoms with van der Waals surface area (Å²) in [5.41, 5.74) is -0.102. The van der Waals surface area contributed by atoms with Crippen LogP contribution in [0.1, 0.15) is 32.6 Å². The summed E-state index contributed by atoms with van der Waals surface area (Å²) >= 11 is 0. The molecular weight excluding hydrogens is 440 g/mol. The third-order valence-electron chi connectivity index (χ3n) is 6.26. The highest BCUT2D eigenvalue weighted by molar-refractivity contribution is 7.90. The minimum Gasteiger partial charge on any atom is -0.354 e. The molecule has 0 radical (unpaired) electrons. The topological polar surface area (TPSA) is 93.4 Å². The molecule has 1 fully saturated rings. The van der Waals surface area contributed by atoms with Crippen molar-refractivity contribution in [2.45, 2.75) is 50.1 Å². The molecule has 9 heteroatoms. The van der Waals surface area contributed by atoms with E-state index in [0.717, 1.165) is 23.5 Å². The second-order valence-electron chi connectivity index (χ2n) is 8.52. The number of carbonyl (C=O) groups is 1. The van der Waals surface area contributed by atoms with E-state index in [2.05, 4.69) is 17.1 Å². The number of benzene rings is 2. The molecule has 1 atom stereocenters. The third kappa shape index (κ3) is 4.89. The van der Waals surface area contributed by atoms with Gasteiger partial charge in [-0.2, -0.15) is 3.97 Å². The minimum absolute atomic E-state index is 0.0198. The first-order chi connectivity index (χ1) is 15.9. The van der Waals surface area contributed by atoms with Gasteiger partial charge in [-0.15, -0.1) is 0 Å². The van der Waals surface area contributed by atoms with Crippen molar-refractivity contribution < 1.29 is 13.2 Å². The van der Waals surface area contributed by atoms with E-state index in [1.54, 1.807) is 42.5 Å². The van der Waals surface area contributed by atoms with Crippen molar-refractivity contribution in [3.8, 4) is 0 Å². The molecule has 1 saturated heterocycles. The molecule has 1 aromatic heterocycles. The molecular formula is C24H30N4O4S.